The molecule has 0 fully saturated rings. The topological polar surface area (TPSA) is 36.1 Å². The zero-order chi connectivity index (χ0) is 48.1. The number of furan rings is 2. The average molecular weight is 933 g/mol. The first-order valence-electron chi connectivity index (χ1n) is 25.2. The molecule has 0 saturated carbocycles. The molecule has 342 valence electrons. The Morgan fingerprint density at radius 3 is 1.37 bits per heavy atom. The van der Waals surface area contributed by atoms with Crippen molar-refractivity contribution in [3.05, 3.63) is 242 Å². The van der Waals surface area contributed by atoms with E-state index in [1.807, 2.05) is 18.2 Å². The van der Waals surface area contributed by atoms with Crippen molar-refractivity contribution in [2.75, 3.05) is 0 Å². The number of para-hydroxylation sites is 3. The van der Waals surface area contributed by atoms with Gasteiger partial charge in [-0.05, 0) is 153 Å². The summed E-state index contributed by atoms with van der Waals surface area (Å²) in [5.41, 5.74) is 22.9. The highest BCUT2D eigenvalue weighted by molar-refractivity contribution is 6.17. The summed E-state index contributed by atoms with van der Waals surface area (Å²) in [4.78, 5) is 0. The lowest BCUT2D eigenvalue weighted by molar-refractivity contribution is 0.661. The van der Waals surface area contributed by atoms with Crippen molar-refractivity contribution in [1.82, 2.24) is 9.13 Å². The summed E-state index contributed by atoms with van der Waals surface area (Å²) in [6, 6.07) is 84.3. The Labute approximate surface area is 420 Å². The Morgan fingerprint density at radius 2 is 0.740 bits per heavy atom. The van der Waals surface area contributed by atoms with Crippen molar-refractivity contribution >= 4 is 87.5 Å². The molecule has 11 aromatic carbocycles. The predicted octanol–water partition coefficient (Wildman–Crippen LogP) is 19.0. The molecule has 0 aliphatic heterocycles. The lowest BCUT2D eigenvalue weighted by atomic mass is 9.82. The molecule has 1 aliphatic carbocycles. The van der Waals surface area contributed by atoms with E-state index in [1.54, 1.807) is 0 Å². The van der Waals surface area contributed by atoms with E-state index in [1.165, 1.54) is 66.0 Å². The normalized spacial score (nSPS) is 13.2. The number of hydrogen-bond acceptors (Lipinski definition) is 2. The van der Waals surface area contributed by atoms with E-state index in [0.29, 0.717) is 0 Å². The molecule has 0 amide bonds. The summed E-state index contributed by atoms with van der Waals surface area (Å²) in [6.45, 7) is 4.74. The monoisotopic (exact) mass is 932 g/mol. The fourth-order valence-corrected chi connectivity index (χ4v) is 12.7. The van der Waals surface area contributed by atoms with Crippen molar-refractivity contribution < 1.29 is 8.83 Å². The number of nitrogens with zero attached hydrogens (tertiary/aromatic N) is 2. The molecule has 0 bridgehead atoms. The standard InChI is InChI=1S/C69H44N2O2/c1-69(2)57-21-9-6-16-49(57)52-39-56-54-37-43(29-34-61(54)71(62(56)40-58(52)69)45-14-4-3-5-15-45)42-28-33-59-53(36-42)55-38-44(48-20-13-25-66-68(48)51-18-8-11-23-64(51)73-66)30-35-60(55)70(59)46-31-26-41(27-32-46)47-19-12-24-65-67(47)50-17-7-10-22-63(50)72-65/h3-40H,1-2H3. The lowest BCUT2D eigenvalue weighted by Gasteiger charge is -2.21. The van der Waals surface area contributed by atoms with E-state index in [-0.39, 0.29) is 5.41 Å². The molecule has 0 radical (unpaired) electrons. The molecule has 0 spiro atoms. The maximum Gasteiger partial charge on any atom is 0.136 e. The van der Waals surface area contributed by atoms with Crippen LogP contribution >= 0.6 is 0 Å². The van der Waals surface area contributed by atoms with Gasteiger partial charge < -0.3 is 18.0 Å². The van der Waals surface area contributed by atoms with Gasteiger partial charge in [0.25, 0.3) is 0 Å². The van der Waals surface area contributed by atoms with Gasteiger partial charge in [0.05, 0.1) is 22.1 Å². The maximum atomic E-state index is 6.40. The quantitative estimate of drug-likeness (QED) is 0.172. The summed E-state index contributed by atoms with van der Waals surface area (Å²) in [7, 11) is 0. The van der Waals surface area contributed by atoms with Gasteiger partial charge in [0.15, 0.2) is 0 Å². The van der Waals surface area contributed by atoms with Gasteiger partial charge in [0.2, 0.25) is 0 Å². The predicted molar refractivity (Wildman–Crippen MR) is 304 cm³/mol. The Bertz CT molecular complexity index is 4810. The summed E-state index contributed by atoms with van der Waals surface area (Å²) in [5, 5.41) is 9.42. The van der Waals surface area contributed by atoms with Gasteiger partial charge in [0.1, 0.15) is 22.3 Å². The van der Waals surface area contributed by atoms with Gasteiger partial charge in [-0.15, -0.1) is 0 Å². The SMILES string of the molecule is CC1(C)c2ccccc2-c2cc3c4cc(-c5ccc6c(c5)c5cc(-c7cccc8oc9ccccc9c78)ccc5n6-c5ccc(-c6cccc7oc8ccccc8c67)cc5)ccc4n(-c4ccccc4)c3cc21. The summed E-state index contributed by atoms with van der Waals surface area (Å²) < 4.78 is 17.6. The zero-order valence-corrected chi connectivity index (χ0v) is 40.2. The smallest absolute Gasteiger partial charge is 0.136 e. The van der Waals surface area contributed by atoms with Gasteiger partial charge in [-0.25, -0.2) is 0 Å². The maximum absolute atomic E-state index is 6.40. The van der Waals surface area contributed by atoms with E-state index in [0.717, 1.165) is 88.5 Å². The van der Waals surface area contributed by atoms with E-state index >= 15 is 0 Å². The van der Waals surface area contributed by atoms with Crippen LogP contribution in [0.4, 0.5) is 0 Å². The van der Waals surface area contributed by atoms with Crippen LogP contribution in [0.1, 0.15) is 25.0 Å². The van der Waals surface area contributed by atoms with Crippen molar-refractivity contribution in [1.29, 1.82) is 0 Å². The minimum absolute atomic E-state index is 0.108. The van der Waals surface area contributed by atoms with Gasteiger partial charge in [-0.3, -0.25) is 0 Å². The summed E-state index contributed by atoms with van der Waals surface area (Å²) in [5.74, 6) is 0. The van der Waals surface area contributed by atoms with Crippen LogP contribution in [0.3, 0.4) is 0 Å². The fourth-order valence-electron chi connectivity index (χ4n) is 12.7. The van der Waals surface area contributed by atoms with Crippen molar-refractivity contribution in [2.24, 2.45) is 0 Å². The highest BCUT2D eigenvalue weighted by Crippen LogP contribution is 2.51. The molecule has 0 N–H and O–H groups in total. The Hall–Kier alpha value is -9.38. The minimum Gasteiger partial charge on any atom is -0.456 e. The molecule has 0 atom stereocenters. The third-order valence-electron chi connectivity index (χ3n) is 16.1. The molecule has 4 aromatic heterocycles. The number of aromatic nitrogens is 2. The van der Waals surface area contributed by atoms with Crippen LogP contribution in [0, 0.1) is 0 Å². The molecule has 4 nitrogen and oxygen atoms in total. The molecule has 4 heterocycles. The second-order valence-corrected chi connectivity index (χ2v) is 20.4. The van der Waals surface area contributed by atoms with Gasteiger partial charge in [0, 0.05) is 59.9 Å². The molecule has 16 rings (SSSR count). The van der Waals surface area contributed by atoms with Crippen LogP contribution in [0.5, 0.6) is 0 Å². The first-order valence-corrected chi connectivity index (χ1v) is 25.2. The molecule has 0 saturated heterocycles. The largest absolute Gasteiger partial charge is 0.456 e. The Kier molecular flexibility index (Phi) is 8.20. The van der Waals surface area contributed by atoms with Crippen LogP contribution in [0.15, 0.2) is 239 Å². The van der Waals surface area contributed by atoms with E-state index in [2.05, 4.69) is 235 Å². The van der Waals surface area contributed by atoms with Crippen molar-refractivity contribution in [3.8, 4) is 55.9 Å². The van der Waals surface area contributed by atoms with Gasteiger partial charge in [-0.2, -0.15) is 0 Å². The average Bonchev–Trinajstić information content (AvgIpc) is 4.23. The molecule has 0 unspecified atom stereocenters. The minimum atomic E-state index is -0.108. The molecule has 1 aliphatic rings. The molecule has 4 heteroatoms. The Balaban J connectivity index is 0.903. The zero-order valence-electron chi connectivity index (χ0n) is 40.2. The van der Waals surface area contributed by atoms with Crippen LogP contribution in [0.2, 0.25) is 0 Å². The number of fused-ring (bicyclic) bond motifs is 15. The molecule has 73 heavy (non-hydrogen) atoms. The first kappa shape index (κ1) is 40.4. The van der Waals surface area contributed by atoms with Crippen LogP contribution in [0.25, 0.3) is 143 Å². The van der Waals surface area contributed by atoms with Crippen LogP contribution in [-0.4, -0.2) is 9.13 Å². The van der Waals surface area contributed by atoms with Crippen LogP contribution in [-0.2, 0) is 5.41 Å². The van der Waals surface area contributed by atoms with Crippen molar-refractivity contribution in [3.63, 3.8) is 0 Å². The van der Waals surface area contributed by atoms with E-state index < -0.39 is 0 Å². The fraction of sp³-hybridized carbons (Fsp3) is 0.0435. The molecular formula is C69H44N2O2. The molecule has 15 aromatic rings. The van der Waals surface area contributed by atoms with Gasteiger partial charge in [-0.1, -0.05) is 147 Å². The van der Waals surface area contributed by atoms with Gasteiger partial charge >= 0.3 is 0 Å². The Morgan fingerprint density at radius 1 is 0.288 bits per heavy atom. The second-order valence-electron chi connectivity index (χ2n) is 20.4. The lowest BCUT2D eigenvalue weighted by Crippen LogP contribution is -2.14. The highest BCUT2D eigenvalue weighted by Gasteiger charge is 2.36. The summed E-state index contributed by atoms with van der Waals surface area (Å²) in [6.07, 6.45) is 0. The molecular weight excluding hydrogens is 889 g/mol. The number of hydrogen-bond donors (Lipinski definition) is 0. The second kappa shape index (κ2) is 14.8. The summed E-state index contributed by atoms with van der Waals surface area (Å²) >= 11 is 0. The van der Waals surface area contributed by atoms with Crippen molar-refractivity contribution in [2.45, 2.75) is 19.3 Å². The van der Waals surface area contributed by atoms with Crippen LogP contribution < -0.4 is 0 Å². The first-order chi connectivity index (χ1) is 35.9. The number of rotatable bonds is 5. The third kappa shape index (κ3) is 5.72. The number of benzene rings is 11. The van der Waals surface area contributed by atoms with E-state index in [9.17, 15) is 0 Å². The highest BCUT2D eigenvalue weighted by atomic mass is 16.3. The van der Waals surface area contributed by atoms with E-state index in [4.69, 9.17) is 8.83 Å². The third-order valence-corrected chi connectivity index (χ3v) is 16.1.